The van der Waals surface area contributed by atoms with Gasteiger partial charge in [-0.15, -0.1) is 0 Å². The second-order valence-electron chi connectivity index (χ2n) is 3.79. The molecule has 2 aromatic carbocycles. The Morgan fingerprint density at radius 2 is 1.94 bits per heavy atom. The summed E-state index contributed by atoms with van der Waals surface area (Å²) in [5.41, 5.74) is 2.73. The van der Waals surface area contributed by atoms with Crippen LogP contribution in [0.5, 0.6) is 0 Å². The Bertz CT molecular complexity index is 578. The molecule has 0 heterocycles. The van der Waals surface area contributed by atoms with Crippen molar-refractivity contribution in [2.45, 2.75) is 6.92 Å². The molecule has 0 aliphatic rings. The highest BCUT2D eigenvalue weighted by Gasteiger charge is 2.10. The lowest BCUT2D eigenvalue weighted by Crippen LogP contribution is -1.91. The fourth-order valence-electron chi connectivity index (χ4n) is 1.71. The van der Waals surface area contributed by atoms with Gasteiger partial charge in [0, 0.05) is 11.1 Å². The molecule has 0 radical (unpaired) electrons. The third-order valence-corrected chi connectivity index (χ3v) is 3.25. The summed E-state index contributed by atoms with van der Waals surface area (Å²) >= 11 is 3.16. The molecule has 0 saturated heterocycles. The van der Waals surface area contributed by atoms with Crippen LogP contribution in [-0.4, -0.2) is 6.29 Å². The third-order valence-electron chi connectivity index (χ3n) is 2.64. The van der Waals surface area contributed by atoms with Gasteiger partial charge >= 0.3 is 0 Å². The van der Waals surface area contributed by atoms with E-state index < -0.39 is 0 Å². The Labute approximate surface area is 107 Å². The highest BCUT2D eigenvalue weighted by Crippen LogP contribution is 2.30. The summed E-state index contributed by atoms with van der Waals surface area (Å²) in [7, 11) is 0. The van der Waals surface area contributed by atoms with Crippen molar-refractivity contribution in [2.24, 2.45) is 0 Å². The zero-order valence-corrected chi connectivity index (χ0v) is 10.8. The largest absolute Gasteiger partial charge is 0.298 e. The summed E-state index contributed by atoms with van der Waals surface area (Å²) in [6.07, 6.45) is 0.763. The summed E-state index contributed by atoms with van der Waals surface area (Å²) in [6.45, 7) is 1.89. The highest BCUT2D eigenvalue weighted by molar-refractivity contribution is 9.10. The molecule has 3 heteroatoms. The third kappa shape index (κ3) is 2.29. The molecule has 0 N–H and O–H groups in total. The van der Waals surface area contributed by atoms with Gasteiger partial charge in [0.2, 0.25) is 0 Å². The number of rotatable bonds is 2. The Morgan fingerprint density at radius 1 is 1.18 bits per heavy atom. The van der Waals surface area contributed by atoms with E-state index in [-0.39, 0.29) is 5.82 Å². The van der Waals surface area contributed by atoms with Crippen molar-refractivity contribution in [1.82, 2.24) is 0 Å². The van der Waals surface area contributed by atoms with Crippen LogP contribution < -0.4 is 0 Å². The molecule has 86 valence electrons. The van der Waals surface area contributed by atoms with Gasteiger partial charge in [-0.05, 0) is 46.1 Å². The van der Waals surface area contributed by atoms with Gasteiger partial charge in [-0.25, -0.2) is 4.39 Å². The zero-order valence-electron chi connectivity index (χ0n) is 9.21. The van der Waals surface area contributed by atoms with E-state index in [1.54, 1.807) is 30.3 Å². The molecular weight excluding hydrogens is 283 g/mol. The van der Waals surface area contributed by atoms with Gasteiger partial charge < -0.3 is 0 Å². The van der Waals surface area contributed by atoms with Crippen LogP contribution in [0.1, 0.15) is 15.9 Å². The van der Waals surface area contributed by atoms with Crippen LogP contribution in [0.15, 0.2) is 40.9 Å². The minimum atomic E-state index is -0.307. The molecule has 0 spiro atoms. The number of hydrogen-bond acceptors (Lipinski definition) is 1. The fraction of sp³-hybridized carbons (Fsp3) is 0.0714. The summed E-state index contributed by atoms with van der Waals surface area (Å²) in [4.78, 5) is 10.8. The first-order valence-corrected chi connectivity index (χ1v) is 5.93. The quantitative estimate of drug-likeness (QED) is 0.751. The Balaban J connectivity index is 2.67. The summed E-state index contributed by atoms with van der Waals surface area (Å²) in [5, 5.41) is 0. The smallest absolute Gasteiger partial charge is 0.150 e. The number of aryl methyl sites for hydroxylation is 1. The monoisotopic (exact) mass is 292 g/mol. The molecule has 17 heavy (non-hydrogen) atoms. The first-order valence-electron chi connectivity index (χ1n) is 5.13. The molecule has 1 nitrogen and oxygen atoms in total. The van der Waals surface area contributed by atoms with E-state index in [2.05, 4.69) is 15.9 Å². The first-order chi connectivity index (χ1) is 8.13. The molecule has 2 aromatic rings. The summed E-state index contributed by atoms with van der Waals surface area (Å²) in [5.74, 6) is -0.307. The molecular formula is C14H10BrFO. The van der Waals surface area contributed by atoms with Crippen LogP contribution in [-0.2, 0) is 0 Å². The van der Waals surface area contributed by atoms with Crippen LogP contribution in [0.2, 0.25) is 0 Å². The Hall–Kier alpha value is -1.48. The van der Waals surface area contributed by atoms with Gasteiger partial charge in [0.25, 0.3) is 0 Å². The first kappa shape index (κ1) is 12.0. The van der Waals surface area contributed by atoms with Crippen molar-refractivity contribution in [3.63, 3.8) is 0 Å². The van der Waals surface area contributed by atoms with E-state index in [4.69, 9.17) is 0 Å². The average molecular weight is 293 g/mol. The van der Waals surface area contributed by atoms with Crippen molar-refractivity contribution < 1.29 is 9.18 Å². The van der Waals surface area contributed by atoms with Crippen LogP contribution >= 0.6 is 15.9 Å². The Kier molecular flexibility index (Phi) is 3.38. The lowest BCUT2D eigenvalue weighted by atomic mass is 9.98. The second-order valence-corrected chi connectivity index (χ2v) is 4.65. The van der Waals surface area contributed by atoms with Gasteiger partial charge in [-0.3, -0.25) is 4.79 Å². The van der Waals surface area contributed by atoms with Crippen molar-refractivity contribution >= 4 is 22.2 Å². The van der Waals surface area contributed by atoms with E-state index >= 15 is 0 Å². The molecule has 0 aliphatic carbocycles. The van der Waals surface area contributed by atoms with Crippen molar-refractivity contribution in [3.8, 4) is 11.1 Å². The van der Waals surface area contributed by atoms with Crippen LogP contribution in [0.3, 0.4) is 0 Å². The van der Waals surface area contributed by atoms with Gasteiger partial charge in [0.05, 0.1) is 4.47 Å². The predicted octanol–water partition coefficient (Wildman–Crippen LogP) is 4.38. The van der Waals surface area contributed by atoms with Gasteiger partial charge in [0.1, 0.15) is 12.1 Å². The van der Waals surface area contributed by atoms with E-state index in [1.165, 1.54) is 0 Å². The average Bonchev–Trinajstić information content (AvgIpc) is 2.34. The molecule has 0 fully saturated rings. The van der Waals surface area contributed by atoms with E-state index in [9.17, 15) is 9.18 Å². The molecule has 0 atom stereocenters. The molecule has 0 unspecified atom stereocenters. The maximum Gasteiger partial charge on any atom is 0.150 e. The lowest BCUT2D eigenvalue weighted by molar-refractivity contribution is 0.112. The number of benzene rings is 2. The van der Waals surface area contributed by atoms with Gasteiger partial charge in [-0.2, -0.15) is 0 Å². The lowest BCUT2D eigenvalue weighted by Gasteiger charge is -2.09. The maximum atomic E-state index is 14.0. The predicted molar refractivity (Wildman–Crippen MR) is 69.7 cm³/mol. The molecule has 0 aliphatic heterocycles. The maximum absolute atomic E-state index is 14.0. The second kappa shape index (κ2) is 4.80. The van der Waals surface area contributed by atoms with Gasteiger partial charge in [0.15, 0.2) is 0 Å². The number of hydrogen-bond donors (Lipinski definition) is 0. The minimum Gasteiger partial charge on any atom is -0.298 e. The van der Waals surface area contributed by atoms with Gasteiger partial charge in [-0.1, -0.05) is 24.3 Å². The number of aldehydes is 1. The molecule has 0 saturated carbocycles. The topological polar surface area (TPSA) is 17.1 Å². The molecule has 2 rings (SSSR count). The SMILES string of the molecule is Cc1ccc(C=O)cc1-c1cccc(Br)c1F. The van der Waals surface area contributed by atoms with Crippen LogP contribution in [0, 0.1) is 12.7 Å². The zero-order chi connectivity index (χ0) is 12.4. The van der Waals surface area contributed by atoms with Crippen molar-refractivity contribution in [1.29, 1.82) is 0 Å². The van der Waals surface area contributed by atoms with Crippen LogP contribution in [0.25, 0.3) is 11.1 Å². The Morgan fingerprint density at radius 3 is 2.65 bits per heavy atom. The van der Waals surface area contributed by atoms with Crippen molar-refractivity contribution in [2.75, 3.05) is 0 Å². The molecule has 0 aromatic heterocycles. The molecule has 0 bridgehead atoms. The number of carbonyl (C=O) groups is 1. The summed E-state index contributed by atoms with van der Waals surface area (Å²) < 4.78 is 14.4. The number of halogens is 2. The van der Waals surface area contributed by atoms with Crippen molar-refractivity contribution in [3.05, 3.63) is 57.8 Å². The molecule has 0 amide bonds. The van der Waals surface area contributed by atoms with E-state index in [1.807, 2.05) is 13.0 Å². The van der Waals surface area contributed by atoms with Crippen LogP contribution in [0.4, 0.5) is 4.39 Å². The number of carbonyl (C=O) groups excluding carboxylic acids is 1. The normalized spacial score (nSPS) is 10.3. The highest BCUT2D eigenvalue weighted by atomic mass is 79.9. The minimum absolute atomic E-state index is 0.307. The summed E-state index contributed by atoms with van der Waals surface area (Å²) in [6, 6.07) is 10.4. The standard InChI is InChI=1S/C14H10BrFO/c1-9-5-6-10(8-17)7-12(9)11-3-2-4-13(15)14(11)16/h2-8H,1H3. The van der Waals surface area contributed by atoms with E-state index in [0.29, 0.717) is 15.6 Å². The fourth-order valence-corrected chi connectivity index (χ4v) is 2.08. The van der Waals surface area contributed by atoms with E-state index in [0.717, 1.165) is 17.4 Å².